The predicted octanol–water partition coefficient (Wildman–Crippen LogP) is -2.02. The fourth-order valence-electron chi connectivity index (χ4n) is 2.67. The van der Waals surface area contributed by atoms with E-state index in [1.165, 1.54) is 18.0 Å². The van der Waals surface area contributed by atoms with Gasteiger partial charge in [-0.25, -0.2) is 4.98 Å². The van der Waals surface area contributed by atoms with E-state index in [0.29, 0.717) is 6.61 Å². The molecule has 3 heterocycles. The molecule has 1 aliphatic rings. The Kier molecular flexibility index (Phi) is 4.78. The molecule has 1 saturated heterocycles. The van der Waals surface area contributed by atoms with E-state index in [-0.39, 0.29) is 30.3 Å². The summed E-state index contributed by atoms with van der Waals surface area (Å²) < 4.78 is 17.7. The van der Waals surface area contributed by atoms with Crippen LogP contribution in [0.5, 0.6) is 0 Å². The molecule has 0 unspecified atom stereocenters. The molecule has 0 amide bonds. The highest BCUT2D eigenvalue weighted by molar-refractivity contribution is 5.70. The van der Waals surface area contributed by atoms with Crippen LogP contribution < -0.4 is 11.3 Å². The minimum absolute atomic E-state index is 0.0663. The van der Waals surface area contributed by atoms with E-state index >= 15 is 0 Å². The Morgan fingerprint density at radius 1 is 1.50 bits per heavy atom. The molecular weight excluding hydrogens is 322 g/mol. The number of ether oxygens (including phenoxy) is 3. The summed E-state index contributed by atoms with van der Waals surface area (Å²) in [6.45, 7) is 0.166. The monoisotopic (exact) mass is 341 g/mol. The van der Waals surface area contributed by atoms with Gasteiger partial charge in [0.1, 0.15) is 18.3 Å². The summed E-state index contributed by atoms with van der Waals surface area (Å²) in [7, 11) is 1.53. The van der Waals surface area contributed by atoms with Crippen molar-refractivity contribution in [1.82, 2.24) is 19.5 Å². The van der Waals surface area contributed by atoms with Crippen molar-refractivity contribution < 1.29 is 24.4 Å². The summed E-state index contributed by atoms with van der Waals surface area (Å²) in [6, 6.07) is 0. The van der Waals surface area contributed by atoms with E-state index in [9.17, 15) is 15.0 Å². The van der Waals surface area contributed by atoms with Gasteiger partial charge in [-0.15, -0.1) is 0 Å². The molecule has 2 aromatic rings. The van der Waals surface area contributed by atoms with Gasteiger partial charge >= 0.3 is 0 Å². The van der Waals surface area contributed by atoms with Gasteiger partial charge in [0.25, 0.3) is 5.56 Å². The lowest BCUT2D eigenvalue weighted by Gasteiger charge is -2.21. The second-order valence-electron chi connectivity index (χ2n) is 5.34. The third-order valence-electron chi connectivity index (χ3n) is 3.82. The molecule has 0 saturated carbocycles. The van der Waals surface area contributed by atoms with Gasteiger partial charge in [-0.1, -0.05) is 0 Å². The fourth-order valence-corrected chi connectivity index (χ4v) is 2.67. The Balaban J connectivity index is 1.97. The van der Waals surface area contributed by atoms with Gasteiger partial charge in [-0.3, -0.25) is 14.3 Å². The van der Waals surface area contributed by atoms with Crippen molar-refractivity contribution in [1.29, 1.82) is 0 Å². The first-order chi connectivity index (χ1) is 11.6. The molecule has 1 fully saturated rings. The zero-order valence-electron chi connectivity index (χ0n) is 13.0. The molecule has 132 valence electrons. The second kappa shape index (κ2) is 6.83. The van der Waals surface area contributed by atoms with E-state index in [1.54, 1.807) is 0 Å². The number of nitrogens with zero attached hydrogens (tertiary/aromatic N) is 3. The van der Waals surface area contributed by atoms with E-state index in [2.05, 4.69) is 15.0 Å². The van der Waals surface area contributed by atoms with Crippen LogP contribution in [-0.4, -0.2) is 75.0 Å². The number of aliphatic hydroxyl groups excluding tert-OH is 2. The average molecular weight is 341 g/mol. The number of methoxy groups -OCH3 is 1. The number of rotatable bonds is 6. The number of nitrogens with one attached hydrogen (secondary N) is 1. The SMILES string of the molecule is COCCO[C@@H]1[C@H](O)[C@@H](CO)O[C@H]1n1cnc2c(=O)[nH]c(N)nc21. The van der Waals surface area contributed by atoms with Gasteiger partial charge in [0, 0.05) is 7.11 Å². The maximum Gasteiger partial charge on any atom is 0.280 e. The van der Waals surface area contributed by atoms with Crippen LogP contribution in [0.25, 0.3) is 11.2 Å². The minimum atomic E-state index is -1.06. The molecule has 0 bridgehead atoms. The van der Waals surface area contributed by atoms with Gasteiger partial charge in [0.15, 0.2) is 17.4 Å². The van der Waals surface area contributed by atoms with Gasteiger partial charge in [-0.05, 0) is 0 Å². The predicted molar refractivity (Wildman–Crippen MR) is 81.2 cm³/mol. The average Bonchev–Trinajstić information content (AvgIpc) is 3.09. The molecule has 5 N–H and O–H groups in total. The molecule has 3 rings (SSSR count). The summed E-state index contributed by atoms with van der Waals surface area (Å²) in [4.78, 5) is 22.3. The highest BCUT2D eigenvalue weighted by Crippen LogP contribution is 2.33. The van der Waals surface area contributed by atoms with Crippen molar-refractivity contribution in [3.63, 3.8) is 0 Å². The van der Waals surface area contributed by atoms with Crippen LogP contribution >= 0.6 is 0 Å². The minimum Gasteiger partial charge on any atom is -0.394 e. The maximum atomic E-state index is 11.9. The first kappa shape index (κ1) is 16.8. The number of aromatic amines is 1. The molecule has 11 nitrogen and oxygen atoms in total. The fraction of sp³-hybridized carbons (Fsp3) is 0.615. The largest absolute Gasteiger partial charge is 0.394 e. The molecule has 0 aliphatic carbocycles. The van der Waals surface area contributed by atoms with E-state index in [0.717, 1.165) is 0 Å². The van der Waals surface area contributed by atoms with Crippen LogP contribution in [0.4, 0.5) is 5.95 Å². The first-order valence-corrected chi connectivity index (χ1v) is 7.34. The van der Waals surface area contributed by atoms with Crippen molar-refractivity contribution in [3.8, 4) is 0 Å². The number of aliphatic hydroxyl groups is 2. The molecule has 0 radical (unpaired) electrons. The highest BCUT2D eigenvalue weighted by atomic mass is 16.6. The number of nitrogens with two attached hydrogens (primary N) is 1. The standard InChI is InChI=1S/C13H19N5O6/c1-22-2-3-23-9-8(20)6(4-19)24-12(9)18-5-15-7-10(18)16-13(14)17-11(7)21/h5-6,8-9,12,19-20H,2-4H2,1H3,(H3,14,16,17,21)/t6-,8-,9-,12-/m1/s1. The molecule has 11 heteroatoms. The summed E-state index contributed by atoms with van der Waals surface area (Å²) in [5.74, 6) is -0.0663. The summed E-state index contributed by atoms with van der Waals surface area (Å²) >= 11 is 0. The first-order valence-electron chi connectivity index (χ1n) is 7.34. The lowest BCUT2D eigenvalue weighted by Crippen LogP contribution is -2.36. The summed E-state index contributed by atoms with van der Waals surface area (Å²) in [6.07, 6.45) is -2.16. The number of anilines is 1. The van der Waals surface area contributed by atoms with Crippen LogP contribution in [0.1, 0.15) is 6.23 Å². The third kappa shape index (κ3) is 2.87. The van der Waals surface area contributed by atoms with Crippen molar-refractivity contribution in [2.75, 3.05) is 32.7 Å². The lowest BCUT2D eigenvalue weighted by molar-refractivity contribution is -0.0785. The van der Waals surface area contributed by atoms with Crippen molar-refractivity contribution in [2.24, 2.45) is 0 Å². The van der Waals surface area contributed by atoms with Crippen LogP contribution in [0.15, 0.2) is 11.1 Å². The normalized spacial score (nSPS) is 27.1. The second-order valence-corrected chi connectivity index (χ2v) is 5.34. The molecule has 2 aromatic heterocycles. The number of H-pyrrole nitrogens is 1. The van der Waals surface area contributed by atoms with Crippen molar-refractivity contribution >= 4 is 17.1 Å². The summed E-state index contributed by atoms with van der Waals surface area (Å²) in [5, 5.41) is 19.7. The van der Waals surface area contributed by atoms with E-state index in [4.69, 9.17) is 19.9 Å². The Morgan fingerprint density at radius 2 is 2.29 bits per heavy atom. The topological polar surface area (TPSA) is 158 Å². The Labute approximate surface area is 136 Å². The zero-order chi connectivity index (χ0) is 17.3. The Morgan fingerprint density at radius 3 is 3.00 bits per heavy atom. The lowest BCUT2D eigenvalue weighted by atomic mass is 10.1. The highest BCUT2D eigenvalue weighted by Gasteiger charge is 2.45. The van der Waals surface area contributed by atoms with Crippen LogP contribution in [-0.2, 0) is 14.2 Å². The Bertz CT molecular complexity index is 761. The van der Waals surface area contributed by atoms with E-state index in [1.807, 2.05) is 0 Å². The summed E-state index contributed by atoms with van der Waals surface area (Å²) in [5.41, 5.74) is 5.39. The number of nitrogen functional groups attached to an aromatic ring is 1. The number of aromatic nitrogens is 4. The Hall–Kier alpha value is -2.05. The molecule has 4 atom stereocenters. The number of hydrogen-bond acceptors (Lipinski definition) is 9. The van der Waals surface area contributed by atoms with E-state index < -0.39 is 30.1 Å². The quantitative estimate of drug-likeness (QED) is 0.435. The van der Waals surface area contributed by atoms with Gasteiger partial charge in [-0.2, -0.15) is 4.98 Å². The zero-order valence-corrected chi connectivity index (χ0v) is 13.0. The van der Waals surface area contributed by atoms with Gasteiger partial charge in [0.2, 0.25) is 5.95 Å². The smallest absolute Gasteiger partial charge is 0.280 e. The molecule has 0 spiro atoms. The molecular formula is C13H19N5O6. The molecule has 1 aliphatic heterocycles. The van der Waals surface area contributed by atoms with Crippen LogP contribution in [0.3, 0.4) is 0 Å². The van der Waals surface area contributed by atoms with Crippen molar-refractivity contribution in [2.45, 2.75) is 24.5 Å². The molecule has 24 heavy (non-hydrogen) atoms. The number of imidazole rings is 1. The van der Waals surface area contributed by atoms with Crippen LogP contribution in [0, 0.1) is 0 Å². The van der Waals surface area contributed by atoms with Gasteiger partial charge < -0.3 is 30.2 Å². The maximum absolute atomic E-state index is 11.9. The number of hydrogen-bond donors (Lipinski definition) is 4. The van der Waals surface area contributed by atoms with Gasteiger partial charge in [0.05, 0.1) is 26.1 Å². The van der Waals surface area contributed by atoms with Crippen LogP contribution in [0.2, 0.25) is 0 Å². The third-order valence-corrected chi connectivity index (χ3v) is 3.82. The number of fused-ring (bicyclic) bond motifs is 1. The van der Waals surface area contributed by atoms with Crippen molar-refractivity contribution in [3.05, 3.63) is 16.7 Å². The molecule has 0 aromatic carbocycles.